The van der Waals surface area contributed by atoms with Crippen LogP contribution in [0.15, 0.2) is 0 Å². The zero-order valence-electron chi connectivity index (χ0n) is 10.3. The molecule has 0 aliphatic carbocycles. The van der Waals surface area contributed by atoms with Gasteiger partial charge in [0.25, 0.3) is 0 Å². The third-order valence-electron chi connectivity index (χ3n) is 2.65. The maximum Gasteiger partial charge on any atom is 0.234 e. The van der Waals surface area contributed by atoms with Crippen molar-refractivity contribution in [2.45, 2.75) is 39.2 Å². The van der Waals surface area contributed by atoms with E-state index >= 15 is 0 Å². The molecule has 0 aromatic heterocycles. The van der Waals surface area contributed by atoms with Crippen molar-refractivity contribution in [3.8, 4) is 0 Å². The highest BCUT2D eigenvalue weighted by Crippen LogP contribution is 2.09. The van der Waals surface area contributed by atoms with Gasteiger partial charge in [0.2, 0.25) is 5.91 Å². The molecular formula is C11H24N2O2. The molecule has 0 unspecified atom stereocenters. The van der Waals surface area contributed by atoms with Crippen LogP contribution >= 0.6 is 0 Å². The minimum Gasteiger partial charge on any atom is -0.394 e. The molecule has 2 N–H and O–H groups in total. The molecular weight excluding hydrogens is 192 g/mol. The van der Waals surface area contributed by atoms with Crippen LogP contribution in [0, 0.1) is 0 Å². The van der Waals surface area contributed by atoms with Crippen molar-refractivity contribution in [3.63, 3.8) is 0 Å². The minimum absolute atomic E-state index is 0.0208. The number of aliphatic hydroxyl groups is 1. The summed E-state index contributed by atoms with van der Waals surface area (Å²) in [4.78, 5) is 13.3. The third-order valence-corrected chi connectivity index (χ3v) is 2.65. The fourth-order valence-electron chi connectivity index (χ4n) is 1.01. The Morgan fingerprint density at radius 2 is 2.07 bits per heavy atom. The summed E-state index contributed by atoms with van der Waals surface area (Å²) >= 11 is 0. The van der Waals surface area contributed by atoms with Gasteiger partial charge < -0.3 is 10.4 Å². The molecule has 0 radical (unpaired) electrons. The summed E-state index contributed by atoms with van der Waals surface area (Å²) in [6, 6.07) is 0. The first-order chi connectivity index (χ1) is 6.94. The van der Waals surface area contributed by atoms with E-state index in [9.17, 15) is 4.79 Å². The van der Waals surface area contributed by atoms with Crippen molar-refractivity contribution in [2.24, 2.45) is 0 Å². The number of likely N-dealkylation sites (N-methyl/N-ethyl adjacent to an activating group) is 1. The van der Waals surface area contributed by atoms with Gasteiger partial charge in [-0.25, -0.2) is 0 Å². The number of carbonyl (C=O) groups is 1. The lowest BCUT2D eigenvalue weighted by molar-refractivity contribution is -0.123. The number of nitrogens with one attached hydrogen (secondary N) is 1. The molecule has 0 aliphatic rings. The van der Waals surface area contributed by atoms with E-state index in [1.807, 2.05) is 25.8 Å². The molecule has 4 heteroatoms. The summed E-state index contributed by atoms with van der Waals surface area (Å²) in [6.07, 6.45) is 2.09. The molecule has 90 valence electrons. The minimum atomic E-state index is -0.345. The summed E-state index contributed by atoms with van der Waals surface area (Å²) in [5.41, 5.74) is -0.345. The molecule has 0 bridgehead atoms. The van der Waals surface area contributed by atoms with E-state index in [1.165, 1.54) is 0 Å². The number of unbranched alkanes of at least 4 members (excludes halogenated alkanes) is 1. The van der Waals surface area contributed by atoms with Crippen molar-refractivity contribution < 1.29 is 9.90 Å². The van der Waals surface area contributed by atoms with Crippen LogP contribution in [0.3, 0.4) is 0 Å². The summed E-state index contributed by atoms with van der Waals surface area (Å²) in [7, 11) is 1.84. The highest BCUT2D eigenvalue weighted by atomic mass is 16.3. The van der Waals surface area contributed by atoms with Crippen LogP contribution in [-0.2, 0) is 4.79 Å². The number of hydrogen-bond donors (Lipinski definition) is 2. The van der Waals surface area contributed by atoms with Gasteiger partial charge in [0.05, 0.1) is 13.2 Å². The Kier molecular flexibility index (Phi) is 6.52. The van der Waals surface area contributed by atoms with Crippen molar-refractivity contribution in [2.75, 3.05) is 26.7 Å². The van der Waals surface area contributed by atoms with Gasteiger partial charge >= 0.3 is 0 Å². The van der Waals surface area contributed by atoms with Gasteiger partial charge in [0, 0.05) is 12.1 Å². The largest absolute Gasteiger partial charge is 0.394 e. The van der Waals surface area contributed by atoms with Crippen molar-refractivity contribution in [1.82, 2.24) is 10.2 Å². The lowest BCUT2D eigenvalue weighted by Crippen LogP contribution is -2.48. The van der Waals surface area contributed by atoms with Crippen molar-refractivity contribution in [1.29, 1.82) is 0 Å². The quantitative estimate of drug-likeness (QED) is 0.613. The molecule has 0 saturated heterocycles. The fraction of sp³-hybridized carbons (Fsp3) is 0.909. The molecule has 1 amide bonds. The lowest BCUT2D eigenvalue weighted by atomic mass is 10.1. The summed E-state index contributed by atoms with van der Waals surface area (Å²) in [5, 5.41) is 12.0. The third kappa shape index (κ3) is 5.74. The Morgan fingerprint density at radius 1 is 1.47 bits per heavy atom. The van der Waals surface area contributed by atoms with Crippen molar-refractivity contribution >= 4 is 5.91 Å². The maximum absolute atomic E-state index is 11.5. The predicted octanol–water partition coefficient (Wildman–Crippen LogP) is 0.605. The molecule has 0 aromatic rings. The fourth-order valence-corrected chi connectivity index (χ4v) is 1.01. The van der Waals surface area contributed by atoms with Crippen LogP contribution in [0.25, 0.3) is 0 Å². The normalized spacial score (nSPS) is 11.9. The van der Waals surface area contributed by atoms with Gasteiger partial charge in [-0.2, -0.15) is 0 Å². The Hall–Kier alpha value is -0.610. The van der Waals surface area contributed by atoms with E-state index in [1.54, 1.807) is 0 Å². The van der Waals surface area contributed by atoms with Crippen LogP contribution in [0.4, 0.5) is 0 Å². The number of hydrogen-bond acceptors (Lipinski definition) is 3. The molecule has 0 aromatic carbocycles. The topological polar surface area (TPSA) is 52.6 Å². The van der Waals surface area contributed by atoms with Crippen LogP contribution < -0.4 is 5.32 Å². The van der Waals surface area contributed by atoms with E-state index in [0.29, 0.717) is 6.54 Å². The second-order valence-electron chi connectivity index (χ2n) is 4.53. The molecule has 0 fully saturated rings. The molecule has 0 heterocycles. The highest BCUT2D eigenvalue weighted by Gasteiger charge is 2.23. The number of amides is 1. The molecule has 0 rings (SSSR count). The average molecular weight is 216 g/mol. The standard InChI is InChI=1S/C11H24N2O2/c1-5-6-7-12-10(15)8-13(4)11(2,3)9-14/h14H,5-9H2,1-4H3,(H,12,15). The number of carbonyl (C=O) groups excluding carboxylic acids is 1. The van der Waals surface area contributed by atoms with Gasteiger partial charge in [-0.05, 0) is 27.3 Å². The Balaban J connectivity index is 3.86. The van der Waals surface area contributed by atoms with Gasteiger partial charge in [0.1, 0.15) is 0 Å². The van der Waals surface area contributed by atoms with Gasteiger partial charge in [-0.15, -0.1) is 0 Å². The van der Waals surface area contributed by atoms with Crippen LogP contribution in [0.2, 0.25) is 0 Å². The first kappa shape index (κ1) is 14.4. The van der Waals surface area contributed by atoms with E-state index in [4.69, 9.17) is 5.11 Å². The summed E-state index contributed by atoms with van der Waals surface area (Å²) in [5.74, 6) is 0.0208. The smallest absolute Gasteiger partial charge is 0.234 e. The summed E-state index contributed by atoms with van der Waals surface area (Å²) < 4.78 is 0. The van der Waals surface area contributed by atoms with E-state index in [-0.39, 0.29) is 18.1 Å². The number of nitrogens with zero attached hydrogens (tertiary/aromatic N) is 1. The van der Waals surface area contributed by atoms with Crippen LogP contribution in [0.1, 0.15) is 33.6 Å². The monoisotopic (exact) mass is 216 g/mol. The number of rotatable bonds is 7. The van der Waals surface area contributed by atoms with Crippen LogP contribution in [0.5, 0.6) is 0 Å². The SMILES string of the molecule is CCCCNC(=O)CN(C)C(C)(C)CO. The summed E-state index contributed by atoms with van der Waals surface area (Å²) in [6.45, 7) is 7.03. The molecule has 0 spiro atoms. The van der Waals surface area contributed by atoms with Gasteiger partial charge in [-0.3, -0.25) is 9.69 Å². The first-order valence-corrected chi connectivity index (χ1v) is 5.53. The second kappa shape index (κ2) is 6.80. The van der Waals surface area contributed by atoms with Gasteiger partial charge in [-0.1, -0.05) is 13.3 Å². The van der Waals surface area contributed by atoms with E-state index in [0.717, 1.165) is 19.4 Å². The second-order valence-corrected chi connectivity index (χ2v) is 4.53. The maximum atomic E-state index is 11.5. The Morgan fingerprint density at radius 3 is 2.53 bits per heavy atom. The molecule has 0 aliphatic heterocycles. The predicted molar refractivity (Wildman–Crippen MR) is 61.7 cm³/mol. The molecule has 0 atom stereocenters. The average Bonchev–Trinajstić information content (AvgIpc) is 2.18. The number of aliphatic hydroxyl groups excluding tert-OH is 1. The Labute approximate surface area is 92.7 Å². The zero-order valence-corrected chi connectivity index (χ0v) is 10.3. The van der Waals surface area contributed by atoms with E-state index in [2.05, 4.69) is 12.2 Å². The lowest BCUT2D eigenvalue weighted by Gasteiger charge is -2.33. The van der Waals surface area contributed by atoms with Gasteiger partial charge in [0.15, 0.2) is 0 Å². The van der Waals surface area contributed by atoms with Crippen molar-refractivity contribution in [3.05, 3.63) is 0 Å². The van der Waals surface area contributed by atoms with E-state index < -0.39 is 0 Å². The zero-order chi connectivity index (χ0) is 11.9. The van der Waals surface area contributed by atoms with Crippen LogP contribution in [-0.4, -0.2) is 48.2 Å². The first-order valence-electron chi connectivity index (χ1n) is 5.53. The molecule has 15 heavy (non-hydrogen) atoms. The highest BCUT2D eigenvalue weighted by molar-refractivity contribution is 5.78. The Bertz CT molecular complexity index is 193. The molecule has 0 saturated carbocycles. The molecule has 4 nitrogen and oxygen atoms in total.